The Morgan fingerprint density at radius 1 is 0.914 bits per heavy atom. The summed E-state index contributed by atoms with van der Waals surface area (Å²) in [6.07, 6.45) is 4.61. The molecule has 2 amide bonds. The molecule has 7 nitrogen and oxygen atoms in total. The molecule has 1 fully saturated rings. The zero-order valence-corrected chi connectivity index (χ0v) is 19.6. The third kappa shape index (κ3) is 5.65. The van der Waals surface area contributed by atoms with E-state index in [0.29, 0.717) is 12.8 Å². The van der Waals surface area contributed by atoms with Crippen molar-refractivity contribution < 1.29 is 24.2 Å². The normalized spacial score (nSPS) is 16.0. The number of hydrogen-bond acceptors (Lipinski definition) is 4. The minimum Gasteiger partial charge on any atom is -0.472 e. The number of carbonyl (C=O) groups excluding carboxylic acids is 2. The van der Waals surface area contributed by atoms with Gasteiger partial charge in [-0.25, -0.2) is 9.59 Å². The van der Waals surface area contributed by atoms with Gasteiger partial charge < -0.3 is 20.5 Å². The molecule has 0 aromatic heterocycles. The van der Waals surface area contributed by atoms with Gasteiger partial charge in [0.2, 0.25) is 5.91 Å². The zero-order chi connectivity index (χ0) is 24.7. The number of fused-ring (bicyclic) bond motifs is 3. The van der Waals surface area contributed by atoms with Crippen molar-refractivity contribution in [3.63, 3.8) is 0 Å². The molecule has 0 atom stereocenters. The van der Waals surface area contributed by atoms with Crippen molar-refractivity contribution in [1.82, 2.24) is 10.6 Å². The number of aliphatic carboxylic acids is 1. The first-order valence-electron chi connectivity index (χ1n) is 12.1. The Morgan fingerprint density at radius 3 is 2.11 bits per heavy atom. The zero-order valence-electron chi connectivity index (χ0n) is 19.6. The molecule has 1 saturated carbocycles. The highest BCUT2D eigenvalue weighted by Crippen LogP contribution is 2.44. The molecule has 0 aliphatic heterocycles. The quantitative estimate of drug-likeness (QED) is 0.432. The van der Waals surface area contributed by atoms with Gasteiger partial charge in [0.05, 0.1) is 12.0 Å². The van der Waals surface area contributed by atoms with E-state index in [2.05, 4.69) is 40.8 Å². The SMILES string of the molecule is O=C(O)C#CCNC(=O)C1(CNC(=O)OCC2c3ccccc3-c3ccccc32)CCCCCC1. The molecular formula is C28H30N2O5. The van der Waals surface area contributed by atoms with Gasteiger partial charge in [0.1, 0.15) is 6.61 Å². The van der Waals surface area contributed by atoms with Crippen molar-refractivity contribution in [2.45, 2.75) is 44.4 Å². The van der Waals surface area contributed by atoms with Gasteiger partial charge in [0.15, 0.2) is 0 Å². The number of amides is 2. The van der Waals surface area contributed by atoms with Crippen LogP contribution in [0, 0.1) is 17.3 Å². The van der Waals surface area contributed by atoms with Crippen molar-refractivity contribution in [2.24, 2.45) is 5.41 Å². The summed E-state index contributed by atoms with van der Waals surface area (Å²) >= 11 is 0. The van der Waals surface area contributed by atoms with Crippen LogP contribution in [0.3, 0.4) is 0 Å². The first-order valence-corrected chi connectivity index (χ1v) is 12.1. The summed E-state index contributed by atoms with van der Waals surface area (Å²) in [7, 11) is 0. The summed E-state index contributed by atoms with van der Waals surface area (Å²) < 4.78 is 5.64. The molecule has 3 N–H and O–H groups in total. The van der Waals surface area contributed by atoms with Crippen LogP contribution in [-0.4, -0.2) is 42.8 Å². The topological polar surface area (TPSA) is 105 Å². The van der Waals surface area contributed by atoms with Crippen LogP contribution in [0.25, 0.3) is 11.1 Å². The lowest BCUT2D eigenvalue weighted by atomic mass is 9.79. The summed E-state index contributed by atoms with van der Waals surface area (Å²) in [4.78, 5) is 36.3. The van der Waals surface area contributed by atoms with E-state index in [1.807, 2.05) is 30.2 Å². The molecule has 0 radical (unpaired) electrons. The fourth-order valence-electron chi connectivity index (χ4n) is 5.21. The average Bonchev–Trinajstić information content (AvgIpc) is 3.00. The molecule has 182 valence electrons. The van der Waals surface area contributed by atoms with Gasteiger partial charge in [0.25, 0.3) is 0 Å². The van der Waals surface area contributed by atoms with E-state index >= 15 is 0 Å². The number of carboxylic acid groups (broad SMARTS) is 1. The highest BCUT2D eigenvalue weighted by atomic mass is 16.5. The summed E-state index contributed by atoms with van der Waals surface area (Å²) in [5.74, 6) is 2.95. The van der Waals surface area contributed by atoms with Crippen molar-refractivity contribution >= 4 is 18.0 Å². The minimum absolute atomic E-state index is 0.0314. The molecule has 2 aromatic carbocycles. The highest BCUT2D eigenvalue weighted by Gasteiger charge is 2.39. The molecule has 4 rings (SSSR count). The number of nitrogens with one attached hydrogen (secondary N) is 2. The Kier molecular flexibility index (Phi) is 7.71. The van der Waals surface area contributed by atoms with Gasteiger partial charge in [-0.2, -0.15) is 0 Å². The summed E-state index contributed by atoms with van der Waals surface area (Å²) in [5.41, 5.74) is 3.86. The summed E-state index contributed by atoms with van der Waals surface area (Å²) in [6, 6.07) is 16.3. The van der Waals surface area contributed by atoms with Gasteiger partial charge in [-0.1, -0.05) is 80.1 Å². The number of hydrogen-bond donors (Lipinski definition) is 3. The number of ether oxygens (including phenoxy) is 1. The third-order valence-electron chi connectivity index (χ3n) is 6.99. The van der Waals surface area contributed by atoms with E-state index in [1.165, 1.54) is 0 Å². The Morgan fingerprint density at radius 2 is 1.51 bits per heavy atom. The van der Waals surface area contributed by atoms with Gasteiger partial charge >= 0.3 is 12.1 Å². The molecule has 2 aliphatic rings. The molecule has 35 heavy (non-hydrogen) atoms. The van der Waals surface area contributed by atoms with E-state index < -0.39 is 17.5 Å². The highest BCUT2D eigenvalue weighted by molar-refractivity contribution is 5.87. The fraction of sp³-hybridized carbons (Fsp3) is 0.393. The lowest BCUT2D eigenvalue weighted by Gasteiger charge is -2.31. The van der Waals surface area contributed by atoms with Gasteiger partial charge in [0, 0.05) is 18.4 Å². The standard InChI is InChI=1S/C28H30N2O5/c31-25(32)14-9-17-29-26(33)28(15-7-1-2-8-16-28)19-30-27(34)35-18-24-22-12-5-3-10-20(22)21-11-4-6-13-23(21)24/h3-6,10-13,24H,1-2,7-8,15-19H2,(H,29,33)(H,30,34)(H,31,32). The van der Waals surface area contributed by atoms with Crippen LogP contribution in [0.2, 0.25) is 0 Å². The van der Waals surface area contributed by atoms with Crippen LogP contribution in [0.15, 0.2) is 48.5 Å². The Labute approximate surface area is 205 Å². The van der Waals surface area contributed by atoms with Crippen LogP contribution in [-0.2, 0) is 14.3 Å². The molecular weight excluding hydrogens is 444 g/mol. The Balaban J connectivity index is 1.38. The van der Waals surface area contributed by atoms with Gasteiger partial charge in [-0.15, -0.1) is 0 Å². The second kappa shape index (κ2) is 11.1. The second-order valence-corrected chi connectivity index (χ2v) is 9.16. The van der Waals surface area contributed by atoms with Crippen LogP contribution < -0.4 is 10.6 Å². The second-order valence-electron chi connectivity index (χ2n) is 9.16. The molecule has 0 bridgehead atoms. The molecule has 2 aliphatic carbocycles. The first-order chi connectivity index (χ1) is 17.0. The summed E-state index contributed by atoms with van der Waals surface area (Å²) in [6.45, 7) is 0.337. The van der Waals surface area contributed by atoms with Crippen LogP contribution in [0.1, 0.15) is 55.6 Å². The lowest BCUT2D eigenvalue weighted by molar-refractivity contribution is -0.132. The number of carboxylic acids is 1. The smallest absolute Gasteiger partial charge is 0.407 e. The third-order valence-corrected chi connectivity index (χ3v) is 6.99. The van der Waals surface area contributed by atoms with Crippen molar-refractivity contribution in [3.05, 3.63) is 59.7 Å². The average molecular weight is 475 g/mol. The van der Waals surface area contributed by atoms with E-state index in [0.717, 1.165) is 47.9 Å². The van der Waals surface area contributed by atoms with E-state index in [4.69, 9.17) is 9.84 Å². The van der Waals surface area contributed by atoms with Gasteiger partial charge in [-0.05, 0) is 35.1 Å². The molecule has 0 saturated heterocycles. The number of carbonyl (C=O) groups is 3. The largest absolute Gasteiger partial charge is 0.472 e. The minimum atomic E-state index is -1.24. The van der Waals surface area contributed by atoms with Crippen LogP contribution in [0.4, 0.5) is 4.79 Å². The van der Waals surface area contributed by atoms with Crippen molar-refractivity contribution in [3.8, 4) is 23.0 Å². The molecule has 0 heterocycles. The number of benzene rings is 2. The first kappa shape index (κ1) is 24.3. The van der Waals surface area contributed by atoms with Crippen LogP contribution in [0.5, 0.6) is 0 Å². The predicted octanol–water partition coefficient (Wildman–Crippen LogP) is 4.07. The molecule has 7 heteroatoms. The predicted molar refractivity (Wildman–Crippen MR) is 132 cm³/mol. The number of rotatable bonds is 6. The Bertz CT molecular complexity index is 1110. The summed E-state index contributed by atoms with van der Waals surface area (Å²) in [5, 5.41) is 14.2. The lowest BCUT2D eigenvalue weighted by Crippen LogP contribution is -2.48. The maximum absolute atomic E-state index is 13.1. The van der Waals surface area contributed by atoms with E-state index in [9.17, 15) is 14.4 Å². The number of alkyl carbamates (subject to hydrolysis) is 1. The molecule has 2 aromatic rings. The monoisotopic (exact) mass is 474 g/mol. The fourth-order valence-corrected chi connectivity index (χ4v) is 5.21. The molecule has 0 unspecified atom stereocenters. The maximum atomic E-state index is 13.1. The van der Waals surface area contributed by atoms with Crippen molar-refractivity contribution in [1.29, 1.82) is 0 Å². The Hall–Kier alpha value is -3.79. The van der Waals surface area contributed by atoms with Gasteiger partial charge in [-0.3, -0.25) is 4.79 Å². The van der Waals surface area contributed by atoms with E-state index in [1.54, 1.807) is 0 Å². The van der Waals surface area contributed by atoms with Crippen LogP contribution >= 0.6 is 0 Å². The maximum Gasteiger partial charge on any atom is 0.407 e. The van der Waals surface area contributed by atoms with Crippen molar-refractivity contribution in [2.75, 3.05) is 19.7 Å². The molecule has 0 spiro atoms. The van der Waals surface area contributed by atoms with E-state index in [-0.39, 0.29) is 31.5 Å².